The minimum Gasteiger partial charge on any atom is -0.459 e. The lowest BCUT2D eigenvalue weighted by atomic mass is 10.0. The number of nitrogens with zero attached hydrogens (tertiary/aromatic N) is 3. The number of carbonyl (C=O) groups is 2. The van der Waals surface area contributed by atoms with Crippen LogP contribution in [-0.4, -0.2) is 58.0 Å². The van der Waals surface area contributed by atoms with Gasteiger partial charge >= 0.3 is 0 Å². The minimum atomic E-state index is -0.744. The van der Waals surface area contributed by atoms with Crippen LogP contribution in [0.3, 0.4) is 0 Å². The molecule has 3 N–H and O–H groups in total. The van der Waals surface area contributed by atoms with Gasteiger partial charge in [0.25, 0.3) is 5.91 Å². The molecule has 0 aromatic carbocycles. The molecule has 8 nitrogen and oxygen atoms in total. The number of carbonyl (C=O) groups excluding carboxylic acids is 2. The van der Waals surface area contributed by atoms with Crippen molar-refractivity contribution in [3.8, 4) is 0 Å². The molecule has 0 unspecified atom stereocenters. The Bertz CT molecular complexity index is 733. The highest BCUT2D eigenvalue weighted by molar-refractivity contribution is 5.91. The van der Waals surface area contributed by atoms with Gasteiger partial charge in [-0.3, -0.25) is 14.7 Å². The first kappa shape index (κ1) is 17.2. The number of hydrogen-bond acceptors (Lipinski definition) is 5. The second-order valence-corrected chi connectivity index (χ2v) is 6.27. The molecule has 3 heterocycles. The van der Waals surface area contributed by atoms with E-state index in [1.807, 2.05) is 13.8 Å². The van der Waals surface area contributed by atoms with Crippen LogP contribution in [0.1, 0.15) is 40.0 Å². The van der Waals surface area contributed by atoms with Gasteiger partial charge in [-0.2, -0.15) is 5.10 Å². The summed E-state index contributed by atoms with van der Waals surface area (Å²) >= 11 is 0. The summed E-state index contributed by atoms with van der Waals surface area (Å²) < 4.78 is 5.17. The van der Waals surface area contributed by atoms with Crippen LogP contribution in [-0.2, 0) is 4.79 Å². The largest absolute Gasteiger partial charge is 0.459 e. The number of aromatic nitrogens is 2. The zero-order valence-electron chi connectivity index (χ0n) is 14.5. The number of furan rings is 1. The number of nitrogens with one attached hydrogen (secondary N) is 1. The van der Waals surface area contributed by atoms with Gasteiger partial charge in [0.1, 0.15) is 6.04 Å². The third-order valence-electron chi connectivity index (χ3n) is 4.59. The van der Waals surface area contributed by atoms with Crippen LogP contribution < -0.4 is 5.73 Å². The van der Waals surface area contributed by atoms with Crippen molar-refractivity contribution in [2.24, 2.45) is 5.73 Å². The third-order valence-corrected chi connectivity index (χ3v) is 4.59. The second-order valence-electron chi connectivity index (χ2n) is 6.27. The Labute approximate surface area is 146 Å². The summed E-state index contributed by atoms with van der Waals surface area (Å²) in [4.78, 5) is 28.6. The molecule has 3 rings (SSSR count). The molecule has 0 radical (unpaired) electrons. The maximum absolute atomic E-state index is 12.8. The standard InChI is InChI=1S/C17H23N5O3/c1-11-14(12(2)20-19-11)15(18)17(24)22-7-4-6-21(8-9-22)16(23)13-5-3-10-25-13/h3,5,10,15H,4,6-9,18H2,1-2H3,(H,19,20)/t15-/m1/s1. The van der Waals surface area contributed by atoms with Crippen LogP contribution in [0.25, 0.3) is 0 Å². The Morgan fingerprint density at radius 1 is 1.24 bits per heavy atom. The summed E-state index contributed by atoms with van der Waals surface area (Å²) in [6, 6.07) is 2.59. The van der Waals surface area contributed by atoms with Crippen molar-refractivity contribution in [2.75, 3.05) is 26.2 Å². The molecule has 2 aromatic rings. The van der Waals surface area contributed by atoms with E-state index < -0.39 is 6.04 Å². The average molecular weight is 345 g/mol. The monoisotopic (exact) mass is 345 g/mol. The first-order chi connectivity index (χ1) is 12.0. The average Bonchev–Trinajstić information content (AvgIpc) is 3.17. The van der Waals surface area contributed by atoms with E-state index in [4.69, 9.17) is 10.2 Å². The van der Waals surface area contributed by atoms with Crippen molar-refractivity contribution in [2.45, 2.75) is 26.3 Å². The highest BCUT2D eigenvalue weighted by Gasteiger charge is 2.29. The fourth-order valence-electron chi connectivity index (χ4n) is 3.24. The van der Waals surface area contributed by atoms with E-state index in [1.165, 1.54) is 6.26 Å². The van der Waals surface area contributed by atoms with Crippen molar-refractivity contribution in [1.82, 2.24) is 20.0 Å². The number of aryl methyl sites for hydroxylation is 2. The molecule has 0 aliphatic carbocycles. The van der Waals surface area contributed by atoms with E-state index in [-0.39, 0.29) is 11.8 Å². The molecule has 2 amide bonds. The minimum absolute atomic E-state index is 0.139. The van der Waals surface area contributed by atoms with E-state index in [9.17, 15) is 9.59 Å². The van der Waals surface area contributed by atoms with Crippen molar-refractivity contribution in [1.29, 1.82) is 0 Å². The topological polar surface area (TPSA) is 108 Å². The summed E-state index contributed by atoms with van der Waals surface area (Å²) in [6.45, 7) is 5.76. The van der Waals surface area contributed by atoms with Crippen LogP contribution in [0.4, 0.5) is 0 Å². The summed E-state index contributed by atoms with van der Waals surface area (Å²) in [5, 5.41) is 6.97. The lowest BCUT2D eigenvalue weighted by molar-refractivity contribution is -0.132. The lowest BCUT2D eigenvalue weighted by Crippen LogP contribution is -2.41. The Hall–Kier alpha value is -2.61. The van der Waals surface area contributed by atoms with Gasteiger partial charge < -0.3 is 20.0 Å². The van der Waals surface area contributed by atoms with Crippen molar-refractivity contribution in [3.63, 3.8) is 0 Å². The molecule has 0 spiro atoms. The zero-order chi connectivity index (χ0) is 18.0. The van der Waals surface area contributed by atoms with Crippen LogP contribution in [0, 0.1) is 13.8 Å². The van der Waals surface area contributed by atoms with Crippen LogP contribution >= 0.6 is 0 Å². The van der Waals surface area contributed by atoms with Crippen LogP contribution in [0.5, 0.6) is 0 Å². The maximum Gasteiger partial charge on any atom is 0.289 e. The van der Waals surface area contributed by atoms with Crippen LogP contribution in [0.15, 0.2) is 22.8 Å². The maximum atomic E-state index is 12.8. The predicted octanol–water partition coefficient (Wildman–Crippen LogP) is 0.994. The SMILES string of the molecule is Cc1n[nH]c(C)c1[C@@H](N)C(=O)N1CCCN(C(=O)c2ccco2)CC1. The van der Waals surface area contributed by atoms with Gasteiger partial charge in [-0.05, 0) is 32.4 Å². The molecule has 1 saturated heterocycles. The number of nitrogens with two attached hydrogens (primary N) is 1. The molecule has 134 valence electrons. The first-order valence-electron chi connectivity index (χ1n) is 8.37. The molecular formula is C17H23N5O3. The van der Waals surface area contributed by atoms with Gasteiger partial charge in [0, 0.05) is 37.4 Å². The highest BCUT2D eigenvalue weighted by Crippen LogP contribution is 2.20. The normalized spacial score (nSPS) is 16.6. The van der Waals surface area contributed by atoms with Gasteiger partial charge in [-0.15, -0.1) is 0 Å². The number of H-pyrrole nitrogens is 1. The van der Waals surface area contributed by atoms with Crippen LogP contribution in [0.2, 0.25) is 0 Å². The second kappa shape index (κ2) is 7.10. The van der Waals surface area contributed by atoms with Gasteiger partial charge in [-0.1, -0.05) is 0 Å². The van der Waals surface area contributed by atoms with Crippen molar-refractivity contribution >= 4 is 11.8 Å². The fraction of sp³-hybridized carbons (Fsp3) is 0.471. The van der Waals surface area contributed by atoms with Crippen molar-refractivity contribution < 1.29 is 14.0 Å². The van der Waals surface area contributed by atoms with E-state index in [2.05, 4.69) is 10.2 Å². The Kier molecular flexibility index (Phi) is 4.89. The Morgan fingerprint density at radius 2 is 1.96 bits per heavy atom. The number of amides is 2. The smallest absolute Gasteiger partial charge is 0.289 e. The highest BCUT2D eigenvalue weighted by atomic mass is 16.3. The third kappa shape index (κ3) is 3.43. The molecule has 1 aliphatic rings. The summed E-state index contributed by atoms with van der Waals surface area (Å²) in [5.41, 5.74) is 8.49. The zero-order valence-corrected chi connectivity index (χ0v) is 14.5. The Morgan fingerprint density at radius 3 is 2.60 bits per heavy atom. The fourth-order valence-corrected chi connectivity index (χ4v) is 3.24. The number of aromatic amines is 1. The summed E-state index contributed by atoms with van der Waals surface area (Å²) in [5.74, 6) is 0.0335. The molecule has 1 aliphatic heterocycles. The molecule has 25 heavy (non-hydrogen) atoms. The molecule has 1 atom stereocenters. The predicted molar refractivity (Wildman–Crippen MR) is 90.8 cm³/mol. The van der Waals surface area contributed by atoms with Gasteiger partial charge in [0.05, 0.1) is 12.0 Å². The lowest BCUT2D eigenvalue weighted by Gasteiger charge is -2.24. The van der Waals surface area contributed by atoms with Gasteiger partial charge in [0.2, 0.25) is 5.91 Å². The van der Waals surface area contributed by atoms with Gasteiger partial charge in [0.15, 0.2) is 5.76 Å². The molecular weight excluding hydrogens is 322 g/mol. The van der Waals surface area contributed by atoms with Gasteiger partial charge in [-0.25, -0.2) is 0 Å². The molecule has 0 bridgehead atoms. The molecule has 2 aromatic heterocycles. The number of rotatable bonds is 3. The molecule has 0 saturated carbocycles. The summed E-state index contributed by atoms with van der Waals surface area (Å²) in [6.07, 6.45) is 2.18. The van der Waals surface area contributed by atoms with E-state index in [0.29, 0.717) is 38.4 Å². The van der Waals surface area contributed by atoms with E-state index >= 15 is 0 Å². The quantitative estimate of drug-likeness (QED) is 0.862. The first-order valence-corrected chi connectivity index (χ1v) is 8.37. The van der Waals surface area contributed by atoms with E-state index in [1.54, 1.807) is 21.9 Å². The number of hydrogen-bond donors (Lipinski definition) is 2. The molecule has 1 fully saturated rings. The Balaban J connectivity index is 1.66. The summed E-state index contributed by atoms with van der Waals surface area (Å²) in [7, 11) is 0. The van der Waals surface area contributed by atoms with Crippen molar-refractivity contribution in [3.05, 3.63) is 41.1 Å². The van der Waals surface area contributed by atoms with E-state index in [0.717, 1.165) is 17.0 Å². The molecule has 8 heteroatoms.